The van der Waals surface area contributed by atoms with E-state index in [1.165, 1.54) is 11.3 Å². The monoisotopic (exact) mass is 449 g/mol. The molecule has 3 aromatic rings. The standard InChI is InChI=1S/C24H23N3O4S/c28-21-10-5-13-27(21)18-9-4-8-17(14-18)26-24(31)23(30)25-15-19-11-12-20(32-19)22(29)16-6-2-1-3-7-16/h1-4,6-9,11-12,14,22,29H,5,10,13,15H2,(H,25,30)(H,26,31)/t22-/m1/s1. The molecule has 32 heavy (non-hydrogen) atoms. The average Bonchev–Trinajstić information content (AvgIpc) is 3.46. The van der Waals surface area contributed by atoms with Gasteiger partial charge in [-0.2, -0.15) is 0 Å². The molecule has 1 fully saturated rings. The number of nitrogens with one attached hydrogen (secondary N) is 2. The van der Waals surface area contributed by atoms with Crippen LogP contribution in [0.3, 0.4) is 0 Å². The first-order chi connectivity index (χ1) is 15.5. The minimum Gasteiger partial charge on any atom is -0.383 e. The fourth-order valence-electron chi connectivity index (χ4n) is 3.54. The first-order valence-corrected chi connectivity index (χ1v) is 11.1. The summed E-state index contributed by atoms with van der Waals surface area (Å²) in [5.41, 5.74) is 1.95. The summed E-state index contributed by atoms with van der Waals surface area (Å²) in [6.07, 6.45) is 0.597. The minimum atomic E-state index is -0.781. The summed E-state index contributed by atoms with van der Waals surface area (Å²) in [4.78, 5) is 39.7. The van der Waals surface area contributed by atoms with E-state index in [1.807, 2.05) is 42.5 Å². The minimum absolute atomic E-state index is 0.0546. The highest BCUT2D eigenvalue weighted by molar-refractivity contribution is 7.12. The number of anilines is 2. The van der Waals surface area contributed by atoms with Crippen LogP contribution < -0.4 is 15.5 Å². The topological polar surface area (TPSA) is 98.7 Å². The molecule has 3 N–H and O–H groups in total. The molecule has 0 unspecified atom stereocenters. The summed E-state index contributed by atoms with van der Waals surface area (Å²) in [5, 5.41) is 15.7. The van der Waals surface area contributed by atoms with E-state index in [0.717, 1.165) is 21.7 Å². The second-order valence-electron chi connectivity index (χ2n) is 7.45. The van der Waals surface area contributed by atoms with E-state index >= 15 is 0 Å². The molecule has 164 valence electrons. The van der Waals surface area contributed by atoms with E-state index in [4.69, 9.17) is 0 Å². The van der Waals surface area contributed by atoms with E-state index in [-0.39, 0.29) is 12.5 Å². The van der Waals surface area contributed by atoms with Crippen molar-refractivity contribution in [3.63, 3.8) is 0 Å². The number of carbonyl (C=O) groups is 3. The van der Waals surface area contributed by atoms with Gasteiger partial charge in [-0.15, -0.1) is 11.3 Å². The number of hydrogen-bond donors (Lipinski definition) is 3. The van der Waals surface area contributed by atoms with Gasteiger partial charge in [0.25, 0.3) is 0 Å². The lowest BCUT2D eigenvalue weighted by Crippen LogP contribution is -2.34. The molecule has 7 nitrogen and oxygen atoms in total. The number of benzene rings is 2. The molecular formula is C24H23N3O4S. The van der Waals surface area contributed by atoms with Gasteiger partial charge in [0, 0.05) is 34.1 Å². The molecule has 1 saturated heterocycles. The van der Waals surface area contributed by atoms with Gasteiger partial charge in [0.2, 0.25) is 5.91 Å². The van der Waals surface area contributed by atoms with Crippen molar-refractivity contribution < 1.29 is 19.5 Å². The third-order valence-corrected chi connectivity index (χ3v) is 6.32. The van der Waals surface area contributed by atoms with Gasteiger partial charge < -0.3 is 20.6 Å². The van der Waals surface area contributed by atoms with Crippen molar-refractivity contribution in [3.05, 3.63) is 82.0 Å². The van der Waals surface area contributed by atoms with E-state index < -0.39 is 17.9 Å². The number of rotatable bonds is 6. The van der Waals surface area contributed by atoms with Crippen molar-refractivity contribution in [1.29, 1.82) is 0 Å². The van der Waals surface area contributed by atoms with Gasteiger partial charge in [0.15, 0.2) is 0 Å². The Balaban J connectivity index is 1.32. The van der Waals surface area contributed by atoms with Gasteiger partial charge in [0.1, 0.15) is 6.10 Å². The van der Waals surface area contributed by atoms with Crippen molar-refractivity contribution in [2.24, 2.45) is 0 Å². The van der Waals surface area contributed by atoms with Crippen LogP contribution in [0, 0.1) is 0 Å². The van der Waals surface area contributed by atoms with Crippen molar-refractivity contribution in [2.75, 3.05) is 16.8 Å². The van der Waals surface area contributed by atoms with Gasteiger partial charge in [-0.3, -0.25) is 14.4 Å². The van der Waals surface area contributed by atoms with E-state index in [0.29, 0.717) is 24.3 Å². The van der Waals surface area contributed by atoms with Crippen LogP contribution in [-0.4, -0.2) is 29.4 Å². The highest BCUT2D eigenvalue weighted by Crippen LogP contribution is 2.28. The third kappa shape index (κ3) is 5.04. The molecule has 1 aliphatic heterocycles. The predicted octanol–water partition coefficient (Wildman–Crippen LogP) is 3.21. The normalized spacial score (nSPS) is 14.3. The first-order valence-electron chi connectivity index (χ1n) is 10.3. The van der Waals surface area contributed by atoms with Crippen LogP contribution in [0.15, 0.2) is 66.7 Å². The van der Waals surface area contributed by atoms with Crippen LogP contribution in [0.4, 0.5) is 11.4 Å². The predicted molar refractivity (Wildman–Crippen MR) is 123 cm³/mol. The Morgan fingerprint density at radius 2 is 1.84 bits per heavy atom. The quantitative estimate of drug-likeness (QED) is 0.503. The fraction of sp³-hybridized carbons (Fsp3) is 0.208. The molecule has 0 aliphatic carbocycles. The molecule has 1 aliphatic rings. The zero-order chi connectivity index (χ0) is 22.5. The molecule has 2 aromatic carbocycles. The van der Waals surface area contributed by atoms with E-state index in [1.54, 1.807) is 29.2 Å². The Morgan fingerprint density at radius 3 is 2.59 bits per heavy atom. The summed E-state index contributed by atoms with van der Waals surface area (Å²) in [6.45, 7) is 0.833. The number of aliphatic hydroxyl groups is 1. The Labute approximate surface area is 189 Å². The molecule has 0 bridgehead atoms. The average molecular weight is 450 g/mol. The maximum atomic E-state index is 12.3. The summed E-state index contributed by atoms with van der Waals surface area (Å²) in [6, 6.07) is 19.9. The van der Waals surface area contributed by atoms with Gasteiger partial charge in [0.05, 0.1) is 6.54 Å². The molecule has 0 radical (unpaired) electrons. The number of carbonyl (C=O) groups excluding carboxylic acids is 3. The number of aliphatic hydroxyl groups excluding tert-OH is 1. The maximum Gasteiger partial charge on any atom is 0.313 e. The van der Waals surface area contributed by atoms with Gasteiger partial charge in [-0.25, -0.2) is 0 Å². The van der Waals surface area contributed by atoms with Crippen LogP contribution >= 0.6 is 11.3 Å². The van der Waals surface area contributed by atoms with Crippen molar-refractivity contribution >= 4 is 40.4 Å². The molecule has 4 rings (SSSR count). The van der Waals surface area contributed by atoms with Crippen LogP contribution in [0.2, 0.25) is 0 Å². The molecule has 1 aromatic heterocycles. The molecule has 0 saturated carbocycles. The highest BCUT2D eigenvalue weighted by atomic mass is 32.1. The molecular weight excluding hydrogens is 426 g/mol. The zero-order valence-electron chi connectivity index (χ0n) is 17.3. The van der Waals surface area contributed by atoms with Crippen LogP contribution in [0.1, 0.15) is 34.3 Å². The van der Waals surface area contributed by atoms with Gasteiger partial charge in [-0.05, 0) is 42.3 Å². The van der Waals surface area contributed by atoms with Crippen LogP contribution in [0.5, 0.6) is 0 Å². The Morgan fingerprint density at radius 1 is 1.03 bits per heavy atom. The van der Waals surface area contributed by atoms with Crippen LogP contribution in [-0.2, 0) is 20.9 Å². The number of nitrogens with zero attached hydrogens (tertiary/aromatic N) is 1. The highest BCUT2D eigenvalue weighted by Gasteiger charge is 2.22. The van der Waals surface area contributed by atoms with Gasteiger partial charge >= 0.3 is 11.8 Å². The first kappa shape index (κ1) is 21.7. The molecule has 0 spiro atoms. The molecule has 2 heterocycles. The maximum absolute atomic E-state index is 12.3. The molecule has 1 atom stereocenters. The molecule has 3 amide bonds. The number of hydrogen-bond acceptors (Lipinski definition) is 5. The van der Waals surface area contributed by atoms with E-state index in [9.17, 15) is 19.5 Å². The lowest BCUT2D eigenvalue weighted by molar-refractivity contribution is -0.136. The zero-order valence-corrected chi connectivity index (χ0v) is 18.1. The summed E-state index contributed by atoms with van der Waals surface area (Å²) < 4.78 is 0. The smallest absolute Gasteiger partial charge is 0.313 e. The lowest BCUT2D eigenvalue weighted by atomic mass is 10.1. The van der Waals surface area contributed by atoms with E-state index in [2.05, 4.69) is 10.6 Å². The summed E-state index contributed by atoms with van der Waals surface area (Å²) in [7, 11) is 0. The van der Waals surface area contributed by atoms with Crippen molar-refractivity contribution in [1.82, 2.24) is 5.32 Å². The second-order valence-corrected chi connectivity index (χ2v) is 8.65. The Kier molecular flexibility index (Phi) is 6.63. The number of thiophene rings is 1. The molecule has 8 heteroatoms. The second kappa shape index (κ2) is 9.76. The lowest BCUT2D eigenvalue weighted by Gasteiger charge is -2.16. The number of amides is 3. The van der Waals surface area contributed by atoms with Crippen LogP contribution in [0.25, 0.3) is 0 Å². The third-order valence-electron chi connectivity index (χ3n) is 5.19. The summed E-state index contributed by atoms with van der Waals surface area (Å²) >= 11 is 1.38. The summed E-state index contributed by atoms with van der Waals surface area (Å²) in [5.74, 6) is -1.49. The van der Waals surface area contributed by atoms with Gasteiger partial charge in [-0.1, -0.05) is 36.4 Å². The fourth-order valence-corrected chi connectivity index (χ4v) is 4.51. The Bertz CT molecular complexity index is 1130. The van der Waals surface area contributed by atoms with Crippen molar-refractivity contribution in [2.45, 2.75) is 25.5 Å². The largest absolute Gasteiger partial charge is 0.383 e. The van der Waals surface area contributed by atoms with Crippen molar-refractivity contribution in [3.8, 4) is 0 Å². The SMILES string of the molecule is O=C(NCc1ccc([C@H](O)c2ccccc2)s1)C(=O)Nc1cccc(N2CCCC2=O)c1. The Hall–Kier alpha value is -3.49.